The summed E-state index contributed by atoms with van der Waals surface area (Å²) in [6, 6.07) is 0. The average Bonchev–Trinajstić information content (AvgIpc) is 2.71. The van der Waals surface area contributed by atoms with Crippen LogP contribution in [0.5, 0.6) is 0 Å². The van der Waals surface area contributed by atoms with Gasteiger partial charge in [-0.1, -0.05) is 76.2 Å². The Morgan fingerprint density at radius 3 is 2.31 bits per heavy atom. The van der Waals surface area contributed by atoms with Gasteiger partial charge in [0, 0.05) is 0 Å². The van der Waals surface area contributed by atoms with E-state index in [9.17, 15) is 22.0 Å². The summed E-state index contributed by atoms with van der Waals surface area (Å²) in [4.78, 5) is 0. The third-order valence-corrected chi connectivity index (χ3v) is 5.81. The minimum atomic E-state index is -4.82. The molecular weight excluding hydrogens is 387 g/mol. The van der Waals surface area contributed by atoms with E-state index in [1.807, 2.05) is 0 Å². The number of hydrogen-bond donors (Lipinski definition) is 0. The molecule has 0 saturated heterocycles. The van der Waals surface area contributed by atoms with Gasteiger partial charge in [-0.3, -0.25) is 0 Å². The lowest BCUT2D eigenvalue weighted by molar-refractivity contribution is -0.358. The maximum absolute atomic E-state index is 13.4. The molecule has 166 valence electrons. The SMILES string of the molecule is CCCCCCCCC1CC=C(C2=CCC(OC(F)(F)C(F)(F)CF)C=C2)CC1. The van der Waals surface area contributed by atoms with Crippen molar-refractivity contribution in [3.63, 3.8) is 0 Å². The first-order valence-corrected chi connectivity index (χ1v) is 10.9. The van der Waals surface area contributed by atoms with Crippen molar-refractivity contribution in [2.24, 2.45) is 5.92 Å². The number of ether oxygens (including phenoxy) is 1. The molecule has 2 unspecified atom stereocenters. The Kier molecular flexibility index (Phi) is 9.38. The summed E-state index contributed by atoms with van der Waals surface area (Å²) in [5, 5.41) is 0. The maximum Gasteiger partial charge on any atom is 0.422 e. The van der Waals surface area contributed by atoms with Crippen LogP contribution in [0.3, 0.4) is 0 Å². The maximum atomic E-state index is 13.4. The number of unbranched alkanes of at least 4 members (excludes halogenated alkanes) is 5. The summed E-state index contributed by atoms with van der Waals surface area (Å²) in [6.45, 7) is -0.235. The Balaban J connectivity index is 1.75. The molecule has 0 bridgehead atoms. The smallest absolute Gasteiger partial charge is 0.308 e. The van der Waals surface area contributed by atoms with Crippen LogP contribution in [0.4, 0.5) is 22.0 Å². The van der Waals surface area contributed by atoms with Gasteiger partial charge in [-0.2, -0.15) is 17.6 Å². The van der Waals surface area contributed by atoms with Crippen LogP contribution < -0.4 is 0 Å². The van der Waals surface area contributed by atoms with E-state index < -0.39 is 24.8 Å². The van der Waals surface area contributed by atoms with Gasteiger partial charge in [-0.05, 0) is 42.7 Å². The van der Waals surface area contributed by atoms with Gasteiger partial charge < -0.3 is 4.74 Å². The molecule has 0 radical (unpaired) electrons. The molecule has 0 N–H and O–H groups in total. The van der Waals surface area contributed by atoms with Crippen molar-refractivity contribution in [1.29, 1.82) is 0 Å². The molecule has 2 aliphatic carbocycles. The highest BCUT2D eigenvalue weighted by atomic mass is 19.3. The lowest BCUT2D eigenvalue weighted by Crippen LogP contribution is -2.46. The van der Waals surface area contributed by atoms with Crippen molar-refractivity contribution >= 4 is 0 Å². The molecule has 0 aromatic heterocycles. The van der Waals surface area contributed by atoms with Crippen molar-refractivity contribution in [3.8, 4) is 0 Å². The molecule has 2 aliphatic rings. The molecular formula is C23H33F5O. The van der Waals surface area contributed by atoms with Crippen LogP contribution in [0, 0.1) is 5.92 Å². The molecule has 6 heteroatoms. The summed E-state index contributed by atoms with van der Waals surface area (Å²) in [5.41, 5.74) is 2.13. The zero-order valence-corrected chi connectivity index (χ0v) is 17.2. The molecule has 0 amide bonds. The number of hydrogen-bond acceptors (Lipinski definition) is 1. The molecule has 1 nitrogen and oxygen atoms in total. The van der Waals surface area contributed by atoms with Gasteiger partial charge in [0.1, 0.15) is 0 Å². The van der Waals surface area contributed by atoms with E-state index in [1.165, 1.54) is 56.6 Å². The van der Waals surface area contributed by atoms with Crippen molar-refractivity contribution in [1.82, 2.24) is 0 Å². The van der Waals surface area contributed by atoms with E-state index in [2.05, 4.69) is 17.7 Å². The van der Waals surface area contributed by atoms with Crippen LogP contribution in [0.1, 0.15) is 77.6 Å². The largest absolute Gasteiger partial charge is 0.422 e. The molecule has 0 aromatic rings. The molecule has 2 atom stereocenters. The molecule has 0 saturated carbocycles. The Morgan fingerprint density at radius 2 is 1.72 bits per heavy atom. The van der Waals surface area contributed by atoms with Gasteiger partial charge in [-0.15, -0.1) is 0 Å². The summed E-state index contributed by atoms with van der Waals surface area (Å²) in [6.07, 6.45) is 13.2. The minimum absolute atomic E-state index is 0.0717. The topological polar surface area (TPSA) is 9.23 Å². The predicted molar refractivity (Wildman–Crippen MR) is 106 cm³/mol. The van der Waals surface area contributed by atoms with E-state index in [1.54, 1.807) is 12.2 Å². The summed E-state index contributed by atoms with van der Waals surface area (Å²) in [5.74, 6) is -4.11. The molecule has 0 fully saturated rings. The Labute approximate surface area is 171 Å². The second-order valence-electron chi connectivity index (χ2n) is 8.19. The van der Waals surface area contributed by atoms with Crippen molar-refractivity contribution in [3.05, 3.63) is 35.5 Å². The second kappa shape index (κ2) is 11.3. The fourth-order valence-corrected chi connectivity index (χ4v) is 3.91. The lowest BCUT2D eigenvalue weighted by Gasteiger charge is -2.29. The Morgan fingerprint density at radius 1 is 1.00 bits per heavy atom. The third-order valence-electron chi connectivity index (χ3n) is 5.81. The predicted octanol–water partition coefficient (Wildman–Crippen LogP) is 7.93. The molecule has 29 heavy (non-hydrogen) atoms. The van der Waals surface area contributed by atoms with E-state index in [0.29, 0.717) is 5.92 Å². The molecule has 0 heterocycles. The van der Waals surface area contributed by atoms with Gasteiger partial charge in [0.15, 0.2) is 6.67 Å². The number of allylic oxidation sites excluding steroid dienone is 4. The van der Waals surface area contributed by atoms with Crippen LogP contribution in [0.2, 0.25) is 0 Å². The minimum Gasteiger partial charge on any atom is -0.308 e. The zero-order chi connectivity index (χ0) is 21.3. The summed E-state index contributed by atoms with van der Waals surface area (Å²) in [7, 11) is 0. The molecule has 0 aromatic carbocycles. The van der Waals surface area contributed by atoms with Crippen LogP contribution >= 0.6 is 0 Å². The van der Waals surface area contributed by atoms with Crippen LogP contribution in [0.15, 0.2) is 35.5 Å². The quantitative estimate of drug-likeness (QED) is 0.230. The van der Waals surface area contributed by atoms with Gasteiger partial charge in [-0.25, -0.2) is 4.39 Å². The highest BCUT2D eigenvalue weighted by Gasteiger charge is 2.59. The van der Waals surface area contributed by atoms with Crippen LogP contribution in [-0.4, -0.2) is 24.8 Å². The number of alkyl halides is 5. The van der Waals surface area contributed by atoms with Crippen molar-refractivity contribution in [2.45, 2.75) is 95.7 Å². The van der Waals surface area contributed by atoms with Gasteiger partial charge in [0.25, 0.3) is 0 Å². The van der Waals surface area contributed by atoms with Crippen molar-refractivity contribution < 1.29 is 26.7 Å². The van der Waals surface area contributed by atoms with E-state index in [0.717, 1.165) is 24.8 Å². The first-order chi connectivity index (χ1) is 13.8. The highest BCUT2D eigenvalue weighted by Crippen LogP contribution is 2.38. The van der Waals surface area contributed by atoms with Gasteiger partial charge >= 0.3 is 12.0 Å². The van der Waals surface area contributed by atoms with Gasteiger partial charge in [0.05, 0.1) is 6.10 Å². The lowest BCUT2D eigenvalue weighted by atomic mass is 9.82. The van der Waals surface area contributed by atoms with E-state index >= 15 is 0 Å². The number of halogens is 5. The third kappa shape index (κ3) is 7.23. The van der Waals surface area contributed by atoms with Crippen LogP contribution in [-0.2, 0) is 4.74 Å². The van der Waals surface area contributed by atoms with Gasteiger partial charge in [0.2, 0.25) is 0 Å². The fourth-order valence-electron chi connectivity index (χ4n) is 3.91. The average molecular weight is 421 g/mol. The molecule has 0 aliphatic heterocycles. The number of rotatable bonds is 12. The van der Waals surface area contributed by atoms with E-state index in [4.69, 9.17) is 0 Å². The monoisotopic (exact) mass is 420 g/mol. The summed E-state index contributed by atoms with van der Waals surface area (Å²) >= 11 is 0. The normalized spacial score (nSPS) is 23.1. The fraction of sp³-hybridized carbons (Fsp3) is 0.739. The Hall–Kier alpha value is -1.17. The zero-order valence-electron chi connectivity index (χ0n) is 17.2. The van der Waals surface area contributed by atoms with E-state index in [-0.39, 0.29) is 6.42 Å². The molecule has 0 spiro atoms. The highest BCUT2D eigenvalue weighted by molar-refractivity contribution is 5.42. The Bertz CT molecular complexity index is 594. The second-order valence-corrected chi connectivity index (χ2v) is 8.19. The molecule has 2 rings (SSSR count). The van der Waals surface area contributed by atoms with Crippen molar-refractivity contribution in [2.75, 3.05) is 6.67 Å². The summed E-state index contributed by atoms with van der Waals surface area (Å²) < 4.78 is 69.0. The van der Waals surface area contributed by atoms with Crippen LogP contribution in [0.25, 0.3) is 0 Å². The first-order valence-electron chi connectivity index (χ1n) is 10.9. The standard InChI is InChI=1S/C23H33F5O/c1-2-3-4-5-6-7-8-18-9-11-19(12-10-18)20-13-15-21(16-14-20)29-23(27,28)22(25,26)17-24/h11,13-15,18,21H,2-10,12,16-17H2,1H3. The first kappa shape index (κ1) is 24.1.